The molecular weight excluding hydrogens is 336 g/mol. The van der Waals surface area contributed by atoms with Gasteiger partial charge in [0, 0.05) is 10.2 Å². The third-order valence-corrected chi connectivity index (χ3v) is 3.41. The number of nitrogens with two attached hydrogens (primary N) is 1. The van der Waals surface area contributed by atoms with Crippen LogP contribution in [0, 0.1) is 0 Å². The van der Waals surface area contributed by atoms with Crippen LogP contribution in [0.3, 0.4) is 0 Å². The predicted molar refractivity (Wildman–Crippen MR) is 86.1 cm³/mol. The van der Waals surface area contributed by atoms with Crippen LogP contribution < -0.4 is 20.5 Å². The van der Waals surface area contributed by atoms with E-state index in [0.717, 1.165) is 4.47 Å². The Hall–Kier alpha value is -2.21. The number of methoxy groups -OCH3 is 2. The van der Waals surface area contributed by atoms with Crippen molar-refractivity contribution in [2.75, 3.05) is 25.3 Å². The van der Waals surface area contributed by atoms with Gasteiger partial charge in [-0.25, -0.2) is 0 Å². The van der Waals surface area contributed by atoms with Crippen LogP contribution in [-0.2, 0) is 0 Å². The first kappa shape index (κ1) is 15.2. The Morgan fingerprint density at radius 2 is 1.90 bits per heavy atom. The van der Waals surface area contributed by atoms with Crippen LogP contribution in [0.15, 0.2) is 40.9 Å². The summed E-state index contributed by atoms with van der Waals surface area (Å²) < 4.78 is 11.2. The van der Waals surface area contributed by atoms with Gasteiger partial charge in [0.2, 0.25) is 0 Å². The predicted octanol–water partition coefficient (Wildman–Crippen LogP) is 3.30. The summed E-state index contributed by atoms with van der Waals surface area (Å²) in [6.07, 6.45) is 0. The van der Waals surface area contributed by atoms with E-state index in [1.165, 1.54) is 7.11 Å². The fraction of sp³-hybridized carbons (Fsp3) is 0.133. The second-order valence-electron chi connectivity index (χ2n) is 4.25. The molecule has 2 aromatic carbocycles. The van der Waals surface area contributed by atoms with Gasteiger partial charge in [0.05, 0.1) is 25.5 Å². The number of nitrogen functional groups attached to an aromatic ring is 1. The van der Waals surface area contributed by atoms with E-state index in [9.17, 15) is 4.79 Å². The van der Waals surface area contributed by atoms with Gasteiger partial charge in [-0.1, -0.05) is 15.9 Å². The minimum atomic E-state index is -0.331. The maximum Gasteiger partial charge on any atom is 0.257 e. The molecular formula is C15H15BrN2O3. The van der Waals surface area contributed by atoms with Crippen LogP contribution >= 0.6 is 15.9 Å². The zero-order chi connectivity index (χ0) is 15.4. The molecule has 0 aliphatic carbocycles. The van der Waals surface area contributed by atoms with Gasteiger partial charge in [-0.3, -0.25) is 4.79 Å². The molecule has 0 radical (unpaired) electrons. The van der Waals surface area contributed by atoms with Crippen molar-refractivity contribution >= 4 is 33.2 Å². The van der Waals surface area contributed by atoms with Gasteiger partial charge in [-0.2, -0.15) is 0 Å². The van der Waals surface area contributed by atoms with Crippen molar-refractivity contribution in [1.82, 2.24) is 0 Å². The second-order valence-corrected chi connectivity index (χ2v) is 5.17. The van der Waals surface area contributed by atoms with Crippen LogP contribution in [-0.4, -0.2) is 20.1 Å². The highest BCUT2D eigenvalue weighted by Crippen LogP contribution is 2.29. The number of rotatable bonds is 4. The smallest absolute Gasteiger partial charge is 0.257 e. The van der Waals surface area contributed by atoms with Gasteiger partial charge in [-0.05, 0) is 36.4 Å². The number of hydrogen-bond acceptors (Lipinski definition) is 4. The Morgan fingerprint density at radius 3 is 2.57 bits per heavy atom. The van der Waals surface area contributed by atoms with E-state index in [-0.39, 0.29) is 5.91 Å². The molecule has 0 bridgehead atoms. The molecule has 110 valence electrons. The SMILES string of the molecule is COc1ccc(N)c(C(=O)Nc2cc(Br)ccc2OC)c1. The Kier molecular flexibility index (Phi) is 4.70. The molecule has 0 aliphatic heterocycles. The standard InChI is InChI=1S/C15H15BrN2O3/c1-20-10-4-5-12(17)11(8-10)15(19)18-13-7-9(16)3-6-14(13)21-2/h3-8H,17H2,1-2H3,(H,18,19). The topological polar surface area (TPSA) is 73.6 Å². The molecule has 1 amide bonds. The Morgan fingerprint density at radius 1 is 1.14 bits per heavy atom. The van der Waals surface area contributed by atoms with Crippen LogP contribution in [0.25, 0.3) is 0 Å². The third-order valence-electron chi connectivity index (χ3n) is 2.91. The van der Waals surface area contributed by atoms with Crippen molar-refractivity contribution in [3.8, 4) is 11.5 Å². The van der Waals surface area contributed by atoms with E-state index in [1.54, 1.807) is 37.4 Å². The van der Waals surface area contributed by atoms with Crippen LogP contribution in [0.1, 0.15) is 10.4 Å². The number of halogens is 1. The van der Waals surface area contributed by atoms with Crippen LogP contribution in [0.4, 0.5) is 11.4 Å². The summed E-state index contributed by atoms with van der Waals surface area (Å²) in [7, 11) is 3.07. The van der Waals surface area contributed by atoms with Crippen molar-refractivity contribution in [2.45, 2.75) is 0 Å². The van der Waals surface area contributed by atoms with Crippen molar-refractivity contribution < 1.29 is 14.3 Å². The molecule has 0 unspecified atom stereocenters. The van der Waals surface area contributed by atoms with Crippen molar-refractivity contribution in [3.63, 3.8) is 0 Å². The molecule has 0 saturated heterocycles. The largest absolute Gasteiger partial charge is 0.497 e. The molecule has 0 atom stereocenters. The molecule has 3 N–H and O–H groups in total. The van der Waals surface area contributed by atoms with Gasteiger partial charge < -0.3 is 20.5 Å². The van der Waals surface area contributed by atoms with E-state index in [4.69, 9.17) is 15.2 Å². The quantitative estimate of drug-likeness (QED) is 0.829. The molecule has 21 heavy (non-hydrogen) atoms. The highest BCUT2D eigenvalue weighted by molar-refractivity contribution is 9.10. The zero-order valence-corrected chi connectivity index (χ0v) is 13.2. The average Bonchev–Trinajstić information content (AvgIpc) is 2.48. The average molecular weight is 351 g/mol. The fourth-order valence-electron chi connectivity index (χ4n) is 1.83. The Labute approximate surface area is 131 Å². The lowest BCUT2D eigenvalue weighted by atomic mass is 10.1. The number of carbonyl (C=O) groups excluding carboxylic acids is 1. The molecule has 0 saturated carbocycles. The number of carbonyl (C=O) groups is 1. The minimum absolute atomic E-state index is 0.331. The van der Waals surface area contributed by atoms with Crippen LogP contribution in [0.2, 0.25) is 0 Å². The highest BCUT2D eigenvalue weighted by atomic mass is 79.9. The second kappa shape index (κ2) is 6.49. The van der Waals surface area contributed by atoms with Gasteiger partial charge in [0.25, 0.3) is 5.91 Å². The van der Waals surface area contributed by atoms with Crippen molar-refractivity contribution in [1.29, 1.82) is 0 Å². The van der Waals surface area contributed by atoms with Gasteiger partial charge in [0.15, 0.2) is 0 Å². The fourth-order valence-corrected chi connectivity index (χ4v) is 2.19. The zero-order valence-electron chi connectivity index (χ0n) is 11.6. The first-order valence-corrected chi connectivity index (χ1v) is 6.93. The number of nitrogens with one attached hydrogen (secondary N) is 1. The molecule has 5 nitrogen and oxygen atoms in total. The summed E-state index contributed by atoms with van der Waals surface area (Å²) in [5.41, 5.74) is 7.12. The first-order valence-electron chi connectivity index (χ1n) is 6.13. The van der Waals surface area contributed by atoms with E-state index in [1.807, 2.05) is 6.07 Å². The highest BCUT2D eigenvalue weighted by Gasteiger charge is 2.14. The lowest BCUT2D eigenvalue weighted by Crippen LogP contribution is -2.14. The summed E-state index contributed by atoms with van der Waals surface area (Å²) >= 11 is 3.36. The molecule has 0 heterocycles. The summed E-state index contributed by atoms with van der Waals surface area (Å²) in [5, 5.41) is 2.78. The molecule has 0 aromatic heterocycles. The van der Waals surface area contributed by atoms with E-state index in [2.05, 4.69) is 21.2 Å². The van der Waals surface area contributed by atoms with E-state index < -0.39 is 0 Å². The van der Waals surface area contributed by atoms with Crippen LogP contribution in [0.5, 0.6) is 11.5 Å². The van der Waals surface area contributed by atoms with Gasteiger partial charge in [0.1, 0.15) is 11.5 Å². The molecule has 2 aromatic rings. The number of amides is 1. The summed E-state index contributed by atoms with van der Waals surface area (Å²) in [6, 6.07) is 10.3. The normalized spacial score (nSPS) is 10.0. The molecule has 6 heteroatoms. The number of hydrogen-bond donors (Lipinski definition) is 2. The number of benzene rings is 2. The summed E-state index contributed by atoms with van der Waals surface area (Å²) in [5.74, 6) is 0.798. The number of ether oxygens (including phenoxy) is 2. The molecule has 2 rings (SSSR count). The monoisotopic (exact) mass is 350 g/mol. The summed E-state index contributed by atoms with van der Waals surface area (Å²) in [6.45, 7) is 0. The number of anilines is 2. The Balaban J connectivity index is 2.32. The molecule has 0 aliphatic rings. The Bertz CT molecular complexity index is 674. The van der Waals surface area contributed by atoms with E-state index >= 15 is 0 Å². The van der Waals surface area contributed by atoms with Gasteiger partial charge in [-0.15, -0.1) is 0 Å². The maximum absolute atomic E-state index is 12.4. The first-order chi connectivity index (χ1) is 10.0. The lowest BCUT2D eigenvalue weighted by molar-refractivity contribution is 0.102. The maximum atomic E-state index is 12.4. The third kappa shape index (κ3) is 3.46. The minimum Gasteiger partial charge on any atom is -0.497 e. The van der Waals surface area contributed by atoms with Crippen molar-refractivity contribution in [2.24, 2.45) is 0 Å². The summed E-state index contributed by atoms with van der Waals surface area (Å²) in [4.78, 5) is 12.4. The molecule has 0 fully saturated rings. The lowest BCUT2D eigenvalue weighted by Gasteiger charge is -2.12. The van der Waals surface area contributed by atoms with Crippen molar-refractivity contribution in [3.05, 3.63) is 46.4 Å². The van der Waals surface area contributed by atoms with Gasteiger partial charge >= 0.3 is 0 Å². The molecule has 0 spiro atoms. The van der Waals surface area contributed by atoms with E-state index in [0.29, 0.717) is 28.4 Å².